The Hall–Kier alpha value is -1.98. The Morgan fingerprint density at radius 3 is 2.95 bits per heavy atom. The van der Waals surface area contributed by atoms with Crippen molar-refractivity contribution < 1.29 is 9.53 Å². The van der Waals surface area contributed by atoms with Crippen LogP contribution in [0.1, 0.15) is 12.1 Å². The summed E-state index contributed by atoms with van der Waals surface area (Å²) in [5.74, 6) is -0.224. The van der Waals surface area contributed by atoms with Crippen LogP contribution in [-0.4, -0.2) is 30.6 Å². The van der Waals surface area contributed by atoms with Crippen LogP contribution in [-0.2, 0) is 9.53 Å². The molecule has 0 fully saturated rings. The summed E-state index contributed by atoms with van der Waals surface area (Å²) < 4.78 is 4.93. The van der Waals surface area contributed by atoms with Gasteiger partial charge in [-0.25, -0.2) is 0 Å². The Morgan fingerprint density at radius 1 is 1.40 bits per heavy atom. The van der Waals surface area contributed by atoms with Crippen molar-refractivity contribution in [3.05, 3.63) is 36.0 Å². The van der Waals surface area contributed by atoms with E-state index in [0.717, 1.165) is 16.6 Å². The number of rotatable bonds is 5. The predicted molar refractivity (Wildman–Crippen MR) is 79.6 cm³/mol. The maximum absolute atomic E-state index is 12.0. The van der Waals surface area contributed by atoms with E-state index in [-0.39, 0.29) is 5.91 Å². The first-order valence-electron chi connectivity index (χ1n) is 6.53. The van der Waals surface area contributed by atoms with E-state index in [4.69, 9.17) is 10.5 Å². The highest BCUT2D eigenvalue weighted by Gasteiger charge is 2.14. The third kappa shape index (κ3) is 3.31. The minimum atomic E-state index is -0.588. The van der Waals surface area contributed by atoms with Crippen LogP contribution in [0.3, 0.4) is 0 Å². The normalized spacial score (nSPS) is 12.3. The van der Waals surface area contributed by atoms with E-state index in [1.807, 2.05) is 37.3 Å². The van der Waals surface area contributed by atoms with Gasteiger partial charge in [0.05, 0.1) is 17.2 Å². The maximum Gasteiger partial charge on any atom is 0.241 e. The van der Waals surface area contributed by atoms with Crippen molar-refractivity contribution in [3.8, 4) is 0 Å². The average molecular weight is 273 g/mol. The molecule has 20 heavy (non-hydrogen) atoms. The zero-order valence-electron chi connectivity index (χ0n) is 11.7. The van der Waals surface area contributed by atoms with Gasteiger partial charge in [0.2, 0.25) is 5.91 Å². The first-order chi connectivity index (χ1) is 9.61. The van der Waals surface area contributed by atoms with E-state index in [1.54, 1.807) is 7.11 Å². The number of nitrogens with one attached hydrogen (secondary N) is 1. The summed E-state index contributed by atoms with van der Waals surface area (Å²) in [6.45, 7) is 2.38. The van der Waals surface area contributed by atoms with Crippen LogP contribution in [0.15, 0.2) is 30.3 Å². The van der Waals surface area contributed by atoms with Crippen LogP contribution in [0.25, 0.3) is 10.9 Å². The van der Waals surface area contributed by atoms with Gasteiger partial charge in [-0.15, -0.1) is 0 Å². The Balaban J connectivity index is 2.21. The van der Waals surface area contributed by atoms with Crippen molar-refractivity contribution in [1.82, 2.24) is 4.98 Å². The van der Waals surface area contributed by atoms with Crippen molar-refractivity contribution in [2.24, 2.45) is 5.73 Å². The van der Waals surface area contributed by atoms with Gasteiger partial charge in [0, 0.05) is 24.8 Å². The Morgan fingerprint density at radius 2 is 2.20 bits per heavy atom. The monoisotopic (exact) mass is 273 g/mol. The molecule has 0 radical (unpaired) electrons. The van der Waals surface area contributed by atoms with Crippen molar-refractivity contribution in [2.45, 2.75) is 19.4 Å². The number of fused-ring (bicyclic) bond motifs is 1. The fourth-order valence-corrected chi connectivity index (χ4v) is 1.95. The third-order valence-corrected chi connectivity index (χ3v) is 3.09. The van der Waals surface area contributed by atoms with Gasteiger partial charge in [-0.2, -0.15) is 0 Å². The van der Waals surface area contributed by atoms with Crippen molar-refractivity contribution >= 4 is 22.5 Å². The number of aromatic nitrogens is 1. The molecule has 5 nitrogen and oxygen atoms in total. The van der Waals surface area contributed by atoms with Gasteiger partial charge in [-0.05, 0) is 25.5 Å². The highest BCUT2D eigenvalue weighted by atomic mass is 16.5. The molecule has 0 saturated carbocycles. The van der Waals surface area contributed by atoms with Crippen LogP contribution < -0.4 is 11.1 Å². The largest absolute Gasteiger partial charge is 0.385 e. The SMILES string of the molecule is COCCC(N)C(=O)Nc1cccc2ccc(C)nc12. The molecule has 1 amide bonds. The van der Waals surface area contributed by atoms with Gasteiger partial charge < -0.3 is 15.8 Å². The first-order valence-corrected chi connectivity index (χ1v) is 6.53. The Labute approximate surface area is 118 Å². The van der Waals surface area contributed by atoms with Crippen LogP contribution in [0.5, 0.6) is 0 Å². The zero-order valence-corrected chi connectivity index (χ0v) is 11.7. The molecular weight excluding hydrogens is 254 g/mol. The topological polar surface area (TPSA) is 77.2 Å². The number of para-hydroxylation sites is 1. The molecule has 0 bridgehead atoms. The smallest absolute Gasteiger partial charge is 0.241 e. The van der Waals surface area contributed by atoms with Crippen molar-refractivity contribution in [3.63, 3.8) is 0 Å². The molecule has 106 valence electrons. The Bertz CT molecular complexity index is 613. The lowest BCUT2D eigenvalue weighted by atomic mass is 10.1. The number of pyridine rings is 1. The van der Waals surface area contributed by atoms with Gasteiger partial charge in [-0.1, -0.05) is 18.2 Å². The van der Waals surface area contributed by atoms with E-state index >= 15 is 0 Å². The standard InChI is InChI=1S/C15H19N3O2/c1-10-6-7-11-4-3-5-13(14(11)17-10)18-15(19)12(16)8-9-20-2/h3-7,12H,8-9,16H2,1-2H3,(H,18,19). The van der Waals surface area contributed by atoms with Crippen LogP contribution >= 0.6 is 0 Å². The second kappa shape index (κ2) is 6.45. The van der Waals surface area contributed by atoms with Gasteiger partial charge in [-0.3, -0.25) is 9.78 Å². The molecule has 1 aromatic carbocycles. The minimum absolute atomic E-state index is 0.224. The van der Waals surface area contributed by atoms with Gasteiger partial charge >= 0.3 is 0 Å². The fraction of sp³-hybridized carbons (Fsp3) is 0.333. The molecule has 0 aliphatic carbocycles. The quantitative estimate of drug-likeness (QED) is 0.871. The summed E-state index contributed by atoms with van der Waals surface area (Å²) in [5.41, 5.74) is 8.18. The summed E-state index contributed by atoms with van der Waals surface area (Å²) in [4.78, 5) is 16.5. The van der Waals surface area contributed by atoms with E-state index in [1.165, 1.54) is 0 Å². The second-order valence-electron chi connectivity index (χ2n) is 4.71. The molecule has 1 unspecified atom stereocenters. The molecule has 0 spiro atoms. The van der Waals surface area contributed by atoms with E-state index in [9.17, 15) is 4.79 Å². The lowest BCUT2D eigenvalue weighted by molar-refractivity contribution is -0.117. The van der Waals surface area contributed by atoms with E-state index in [0.29, 0.717) is 18.7 Å². The molecular formula is C15H19N3O2. The molecule has 2 aromatic rings. The first kappa shape index (κ1) is 14.4. The van der Waals surface area contributed by atoms with Crippen LogP contribution in [0.4, 0.5) is 5.69 Å². The number of nitrogens with two attached hydrogens (primary N) is 1. The Kier molecular flexibility index (Phi) is 4.65. The average Bonchev–Trinajstić information content (AvgIpc) is 2.45. The van der Waals surface area contributed by atoms with E-state index < -0.39 is 6.04 Å². The lowest BCUT2D eigenvalue weighted by Gasteiger charge is -2.13. The molecule has 1 atom stereocenters. The van der Waals surface area contributed by atoms with Crippen molar-refractivity contribution in [2.75, 3.05) is 19.0 Å². The zero-order chi connectivity index (χ0) is 14.5. The fourth-order valence-electron chi connectivity index (χ4n) is 1.95. The molecule has 1 heterocycles. The van der Waals surface area contributed by atoms with Crippen LogP contribution in [0, 0.1) is 6.92 Å². The second-order valence-corrected chi connectivity index (χ2v) is 4.71. The van der Waals surface area contributed by atoms with Crippen molar-refractivity contribution in [1.29, 1.82) is 0 Å². The van der Waals surface area contributed by atoms with Crippen LogP contribution in [0.2, 0.25) is 0 Å². The summed E-state index contributed by atoms with van der Waals surface area (Å²) in [7, 11) is 1.59. The molecule has 2 rings (SSSR count). The number of hydrogen-bond acceptors (Lipinski definition) is 4. The number of methoxy groups -OCH3 is 1. The summed E-state index contributed by atoms with van der Waals surface area (Å²) >= 11 is 0. The predicted octanol–water partition coefficient (Wildman–Crippen LogP) is 1.85. The molecule has 0 aliphatic rings. The minimum Gasteiger partial charge on any atom is -0.385 e. The number of aryl methyl sites for hydroxylation is 1. The number of ether oxygens (including phenoxy) is 1. The number of carbonyl (C=O) groups is 1. The molecule has 0 aliphatic heterocycles. The summed E-state index contributed by atoms with van der Waals surface area (Å²) in [6.07, 6.45) is 0.486. The number of hydrogen-bond donors (Lipinski definition) is 2. The van der Waals surface area contributed by atoms with Gasteiger partial charge in [0.15, 0.2) is 0 Å². The summed E-state index contributed by atoms with van der Waals surface area (Å²) in [5, 5.41) is 3.82. The number of nitrogens with zero attached hydrogens (tertiary/aromatic N) is 1. The van der Waals surface area contributed by atoms with E-state index in [2.05, 4.69) is 10.3 Å². The molecule has 5 heteroatoms. The number of benzene rings is 1. The third-order valence-electron chi connectivity index (χ3n) is 3.09. The lowest BCUT2D eigenvalue weighted by Crippen LogP contribution is -2.36. The molecule has 1 aromatic heterocycles. The van der Waals surface area contributed by atoms with Gasteiger partial charge in [0.25, 0.3) is 0 Å². The number of amides is 1. The molecule has 3 N–H and O–H groups in total. The van der Waals surface area contributed by atoms with Gasteiger partial charge in [0.1, 0.15) is 0 Å². The maximum atomic E-state index is 12.0. The molecule has 0 saturated heterocycles. The highest BCUT2D eigenvalue weighted by molar-refractivity contribution is 6.02. The number of anilines is 1. The summed E-state index contributed by atoms with van der Waals surface area (Å²) in [6, 6.07) is 9.01. The highest BCUT2D eigenvalue weighted by Crippen LogP contribution is 2.21. The number of carbonyl (C=O) groups excluding carboxylic acids is 1.